The zero-order valence-corrected chi connectivity index (χ0v) is 16.4. The largest absolute Gasteiger partial charge is 0.461 e. The number of aromatic nitrogens is 1. The lowest BCUT2D eigenvalue weighted by Gasteiger charge is -2.51. The Labute approximate surface area is 158 Å². The highest BCUT2D eigenvalue weighted by Crippen LogP contribution is 2.59. The molecular weight excluding hydrogens is 342 g/mol. The van der Waals surface area contributed by atoms with Crippen LogP contribution in [-0.4, -0.2) is 17.1 Å². The van der Waals surface area contributed by atoms with E-state index in [0.29, 0.717) is 17.8 Å². The molecule has 1 aromatic carbocycles. The molecule has 1 aromatic heterocycles. The average Bonchev–Trinajstić information content (AvgIpc) is 3.17. The second-order valence-corrected chi connectivity index (χ2v) is 9.82. The van der Waals surface area contributed by atoms with Crippen molar-refractivity contribution < 1.29 is 9.53 Å². The van der Waals surface area contributed by atoms with Crippen molar-refractivity contribution in [2.45, 2.75) is 52.1 Å². The summed E-state index contributed by atoms with van der Waals surface area (Å²) in [6, 6.07) is 10.5. The molecule has 1 aliphatic heterocycles. The highest BCUT2D eigenvalue weighted by Gasteiger charge is 2.58. The van der Waals surface area contributed by atoms with Crippen LogP contribution in [-0.2, 0) is 16.0 Å². The van der Waals surface area contributed by atoms with E-state index in [2.05, 4.69) is 38.1 Å². The normalized spacial score (nSPS) is 38.3. The number of nitrogens with zero attached hydrogens (tertiary/aromatic N) is 1. The van der Waals surface area contributed by atoms with Crippen molar-refractivity contribution in [2.24, 2.45) is 23.2 Å². The molecule has 0 radical (unpaired) electrons. The van der Waals surface area contributed by atoms with Crippen molar-refractivity contribution in [3.63, 3.8) is 0 Å². The minimum absolute atomic E-state index is 0.00509. The van der Waals surface area contributed by atoms with E-state index in [1.54, 1.807) is 0 Å². The van der Waals surface area contributed by atoms with Crippen LogP contribution >= 0.6 is 11.3 Å². The number of hydrogen-bond acceptors (Lipinski definition) is 4. The topological polar surface area (TPSA) is 39.2 Å². The molecule has 1 saturated carbocycles. The van der Waals surface area contributed by atoms with Crippen LogP contribution in [0.15, 0.2) is 30.3 Å². The van der Waals surface area contributed by atoms with E-state index in [1.807, 2.05) is 24.3 Å². The Kier molecular flexibility index (Phi) is 3.59. The second kappa shape index (κ2) is 5.66. The molecule has 4 heteroatoms. The summed E-state index contributed by atoms with van der Waals surface area (Å²) in [5.74, 6) is 1.16. The first-order chi connectivity index (χ1) is 12.5. The van der Waals surface area contributed by atoms with E-state index < -0.39 is 0 Å². The molecule has 26 heavy (non-hydrogen) atoms. The predicted molar refractivity (Wildman–Crippen MR) is 103 cm³/mol. The summed E-state index contributed by atoms with van der Waals surface area (Å²) < 4.78 is 5.93. The Balaban J connectivity index is 1.56. The van der Waals surface area contributed by atoms with E-state index in [9.17, 15) is 4.79 Å². The minimum Gasteiger partial charge on any atom is -0.461 e. The Morgan fingerprint density at radius 3 is 2.73 bits per heavy atom. The van der Waals surface area contributed by atoms with Crippen LogP contribution in [0.25, 0.3) is 10.6 Å². The van der Waals surface area contributed by atoms with Gasteiger partial charge in [-0.15, -0.1) is 11.3 Å². The summed E-state index contributed by atoms with van der Waals surface area (Å²) in [7, 11) is 0. The molecule has 3 nitrogen and oxygen atoms in total. The molecule has 0 bridgehead atoms. The lowest BCUT2D eigenvalue weighted by atomic mass is 9.54. The Morgan fingerprint density at radius 1 is 1.19 bits per heavy atom. The highest BCUT2D eigenvalue weighted by molar-refractivity contribution is 7.15. The number of ether oxygens (including phenoxy) is 1. The number of fused-ring (bicyclic) bond motifs is 4. The Hall–Kier alpha value is -1.68. The molecule has 6 atom stereocenters. The summed E-state index contributed by atoms with van der Waals surface area (Å²) >= 11 is 1.85. The maximum Gasteiger partial charge on any atom is 0.309 e. The van der Waals surface area contributed by atoms with Gasteiger partial charge in [0, 0.05) is 28.2 Å². The van der Waals surface area contributed by atoms with Crippen molar-refractivity contribution in [1.29, 1.82) is 0 Å². The molecule has 2 fully saturated rings. The number of thiazole rings is 1. The van der Waals surface area contributed by atoms with Gasteiger partial charge >= 0.3 is 5.97 Å². The van der Waals surface area contributed by atoms with Gasteiger partial charge in [-0.05, 0) is 24.7 Å². The van der Waals surface area contributed by atoms with E-state index in [0.717, 1.165) is 17.8 Å². The van der Waals surface area contributed by atoms with E-state index in [1.165, 1.54) is 22.6 Å². The summed E-state index contributed by atoms with van der Waals surface area (Å²) in [5, 5.41) is 1.12. The maximum absolute atomic E-state index is 12.2. The van der Waals surface area contributed by atoms with E-state index in [-0.39, 0.29) is 23.4 Å². The first-order valence-electron chi connectivity index (χ1n) is 9.73. The molecule has 2 heterocycles. The number of carbonyl (C=O) groups is 1. The van der Waals surface area contributed by atoms with Crippen LogP contribution in [0.1, 0.15) is 50.1 Å². The number of esters is 1. The van der Waals surface area contributed by atoms with Crippen LogP contribution in [0.4, 0.5) is 0 Å². The van der Waals surface area contributed by atoms with Crippen molar-refractivity contribution in [3.05, 3.63) is 40.9 Å². The fourth-order valence-electron chi connectivity index (χ4n) is 5.78. The monoisotopic (exact) mass is 367 g/mol. The van der Waals surface area contributed by atoms with Crippen LogP contribution < -0.4 is 0 Å². The Morgan fingerprint density at radius 2 is 1.96 bits per heavy atom. The quantitative estimate of drug-likeness (QED) is 0.661. The predicted octanol–water partition coefficient (Wildman–Crippen LogP) is 5.06. The van der Waals surface area contributed by atoms with Gasteiger partial charge in [0.15, 0.2) is 0 Å². The molecule has 2 aliphatic carbocycles. The zero-order chi connectivity index (χ0) is 18.1. The van der Waals surface area contributed by atoms with Gasteiger partial charge in [0.25, 0.3) is 0 Å². The molecule has 3 aliphatic rings. The smallest absolute Gasteiger partial charge is 0.309 e. The molecule has 136 valence electrons. The third-order valence-electron chi connectivity index (χ3n) is 7.18. The molecule has 0 spiro atoms. The highest BCUT2D eigenvalue weighted by atomic mass is 32.1. The van der Waals surface area contributed by atoms with Crippen molar-refractivity contribution >= 4 is 17.3 Å². The standard InChI is InChI=1S/C22H25NO2S/c1-12-15-9-10-22(3)11-16-18(13(2)17(22)19(15)25-21(12)24)23-20(26-16)14-7-5-4-6-8-14/h4-8,12-13,15,17,19H,9-11H2,1-3H3/t12-,13-,15-,17+,19-,22-/m0/s1. The number of hydrogen-bond donors (Lipinski definition) is 0. The third kappa shape index (κ3) is 2.24. The number of rotatable bonds is 1. The number of carbonyl (C=O) groups excluding carboxylic acids is 1. The summed E-state index contributed by atoms with van der Waals surface area (Å²) in [6.07, 6.45) is 3.43. The van der Waals surface area contributed by atoms with Gasteiger partial charge in [0.2, 0.25) is 0 Å². The fraction of sp³-hybridized carbons (Fsp3) is 0.545. The molecule has 0 unspecified atom stereocenters. The van der Waals surface area contributed by atoms with Crippen LogP contribution in [0.2, 0.25) is 0 Å². The average molecular weight is 368 g/mol. The van der Waals surface area contributed by atoms with E-state index >= 15 is 0 Å². The molecule has 1 saturated heterocycles. The fourth-order valence-corrected chi connectivity index (χ4v) is 7.15. The van der Waals surface area contributed by atoms with Crippen LogP contribution in [0.5, 0.6) is 0 Å². The Bertz CT molecular complexity index is 860. The van der Waals surface area contributed by atoms with Gasteiger partial charge in [-0.1, -0.05) is 51.1 Å². The van der Waals surface area contributed by atoms with Crippen LogP contribution in [0.3, 0.4) is 0 Å². The molecular formula is C22H25NO2S. The molecule has 0 N–H and O–H groups in total. The summed E-state index contributed by atoms with van der Waals surface area (Å²) in [6.45, 7) is 6.76. The molecule has 5 rings (SSSR count). The SMILES string of the molecule is C[C@@H]1C(=O)O[C@H]2[C@H]1CC[C@@]1(C)Cc3sc(-c4ccccc4)nc3[C@@H](C)[C@H]21. The second-order valence-electron chi connectivity index (χ2n) is 8.73. The molecule has 2 aromatic rings. The maximum atomic E-state index is 12.2. The van der Waals surface area contributed by atoms with Gasteiger partial charge < -0.3 is 4.74 Å². The number of benzene rings is 1. The third-order valence-corrected chi connectivity index (χ3v) is 8.30. The van der Waals surface area contributed by atoms with Crippen LogP contribution in [0, 0.1) is 23.2 Å². The van der Waals surface area contributed by atoms with Gasteiger partial charge in [0.1, 0.15) is 11.1 Å². The first kappa shape index (κ1) is 16.5. The van der Waals surface area contributed by atoms with Gasteiger partial charge in [-0.3, -0.25) is 4.79 Å². The summed E-state index contributed by atoms with van der Waals surface area (Å²) in [4.78, 5) is 18.7. The van der Waals surface area contributed by atoms with Gasteiger partial charge in [-0.2, -0.15) is 0 Å². The first-order valence-corrected chi connectivity index (χ1v) is 10.5. The van der Waals surface area contributed by atoms with Gasteiger partial charge in [0.05, 0.1) is 11.6 Å². The molecule has 0 amide bonds. The lowest BCUT2D eigenvalue weighted by molar-refractivity contribution is -0.149. The summed E-state index contributed by atoms with van der Waals surface area (Å²) in [5.41, 5.74) is 2.65. The van der Waals surface area contributed by atoms with E-state index in [4.69, 9.17) is 9.72 Å². The van der Waals surface area contributed by atoms with Crippen molar-refractivity contribution in [2.75, 3.05) is 0 Å². The van der Waals surface area contributed by atoms with Gasteiger partial charge in [-0.25, -0.2) is 4.98 Å². The van der Waals surface area contributed by atoms with Crippen molar-refractivity contribution in [3.8, 4) is 10.6 Å². The zero-order valence-electron chi connectivity index (χ0n) is 15.6. The minimum atomic E-state index is 0.00509. The lowest BCUT2D eigenvalue weighted by Crippen LogP contribution is -2.50. The van der Waals surface area contributed by atoms with Crippen molar-refractivity contribution in [1.82, 2.24) is 4.98 Å².